The van der Waals surface area contributed by atoms with E-state index in [2.05, 4.69) is 21.2 Å². The lowest BCUT2D eigenvalue weighted by atomic mass is 10.3. The molecular weight excluding hydrogens is 318 g/mol. The summed E-state index contributed by atoms with van der Waals surface area (Å²) in [5.41, 5.74) is 0.893. The fourth-order valence-corrected chi connectivity index (χ4v) is 1.98. The highest BCUT2D eigenvalue weighted by Gasteiger charge is 2.21. The lowest BCUT2D eigenvalue weighted by Crippen LogP contribution is -2.25. The smallest absolute Gasteiger partial charge is 0.0945 e. The van der Waals surface area contributed by atoms with Crippen molar-refractivity contribution in [2.24, 2.45) is 5.92 Å². The van der Waals surface area contributed by atoms with E-state index in [0.29, 0.717) is 18.2 Å². The second-order valence-electron chi connectivity index (χ2n) is 4.64. The van der Waals surface area contributed by atoms with Crippen molar-refractivity contribution in [1.82, 2.24) is 0 Å². The summed E-state index contributed by atoms with van der Waals surface area (Å²) in [5.74, 6) is 0.732. The molecule has 1 aromatic rings. The van der Waals surface area contributed by atoms with Crippen LogP contribution in [0.5, 0.6) is 0 Å². The molecule has 0 saturated heterocycles. The van der Waals surface area contributed by atoms with Crippen molar-refractivity contribution in [3.05, 3.63) is 27.7 Å². The summed E-state index contributed by atoms with van der Waals surface area (Å²) in [6.07, 6.45) is 2.04. The Hall–Kier alpha value is -0.290. The number of aliphatic hydroxyl groups is 1. The molecule has 1 saturated carbocycles. The van der Waals surface area contributed by atoms with Crippen LogP contribution in [0.2, 0.25) is 5.02 Å². The van der Waals surface area contributed by atoms with Gasteiger partial charge in [-0.1, -0.05) is 11.6 Å². The summed E-state index contributed by atoms with van der Waals surface area (Å²) in [6.45, 7) is 1.62. The maximum absolute atomic E-state index is 9.74. The molecule has 2 N–H and O–H groups in total. The van der Waals surface area contributed by atoms with Gasteiger partial charge in [0.05, 0.1) is 17.7 Å². The van der Waals surface area contributed by atoms with Crippen molar-refractivity contribution in [2.45, 2.75) is 18.9 Å². The van der Waals surface area contributed by atoms with E-state index in [-0.39, 0.29) is 0 Å². The lowest BCUT2D eigenvalue weighted by molar-refractivity contribution is 0.0386. The predicted molar refractivity (Wildman–Crippen MR) is 77.2 cm³/mol. The number of hydrogen-bond donors (Lipinski definition) is 2. The van der Waals surface area contributed by atoms with E-state index in [0.717, 1.165) is 22.7 Å². The molecular formula is C13H17BrClNO2. The lowest BCUT2D eigenvalue weighted by Gasteiger charge is -2.13. The summed E-state index contributed by atoms with van der Waals surface area (Å²) in [4.78, 5) is 0. The van der Waals surface area contributed by atoms with Crippen LogP contribution in [0.4, 0.5) is 5.69 Å². The minimum absolute atomic E-state index is 0.383. The zero-order chi connectivity index (χ0) is 13.0. The zero-order valence-electron chi connectivity index (χ0n) is 10.0. The molecule has 0 aliphatic heterocycles. The second-order valence-corrected chi connectivity index (χ2v) is 5.91. The largest absolute Gasteiger partial charge is 0.389 e. The van der Waals surface area contributed by atoms with E-state index in [4.69, 9.17) is 16.3 Å². The molecule has 0 aromatic heterocycles. The fourth-order valence-electron chi connectivity index (χ4n) is 1.56. The summed E-state index contributed by atoms with van der Waals surface area (Å²) >= 11 is 9.31. The van der Waals surface area contributed by atoms with Gasteiger partial charge in [-0.15, -0.1) is 0 Å². The Morgan fingerprint density at radius 3 is 2.94 bits per heavy atom. The maximum atomic E-state index is 9.74. The van der Waals surface area contributed by atoms with E-state index < -0.39 is 6.10 Å². The normalized spacial score (nSPS) is 16.6. The van der Waals surface area contributed by atoms with E-state index in [9.17, 15) is 5.11 Å². The van der Waals surface area contributed by atoms with Gasteiger partial charge in [-0.2, -0.15) is 0 Å². The Morgan fingerprint density at radius 1 is 1.50 bits per heavy atom. The number of anilines is 1. The van der Waals surface area contributed by atoms with Gasteiger partial charge in [0, 0.05) is 23.3 Å². The van der Waals surface area contributed by atoms with Crippen LogP contribution in [-0.4, -0.2) is 31.0 Å². The van der Waals surface area contributed by atoms with Crippen LogP contribution in [-0.2, 0) is 4.74 Å². The van der Waals surface area contributed by atoms with Crippen LogP contribution in [0.1, 0.15) is 12.8 Å². The molecule has 1 fully saturated rings. The van der Waals surface area contributed by atoms with Crippen molar-refractivity contribution in [3.8, 4) is 0 Å². The minimum Gasteiger partial charge on any atom is -0.389 e. The SMILES string of the molecule is OC(CNc1ccc(Br)c(Cl)c1)COCC1CC1. The Morgan fingerprint density at radius 2 is 2.28 bits per heavy atom. The molecule has 1 aliphatic carbocycles. The fraction of sp³-hybridized carbons (Fsp3) is 0.538. The molecule has 3 nitrogen and oxygen atoms in total. The molecule has 2 rings (SSSR count). The second kappa shape index (κ2) is 6.75. The monoisotopic (exact) mass is 333 g/mol. The summed E-state index contributed by atoms with van der Waals surface area (Å²) in [7, 11) is 0. The van der Waals surface area contributed by atoms with Crippen LogP contribution in [0, 0.1) is 5.92 Å². The zero-order valence-corrected chi connectivity index (χ0v) is 12.4. The molecule has 0 bridgehead atoms. The molecule has 0 radical (unpaired) electrons. The average Bonchev–Trinajstić information content (AvgIpc) is 3.15. The van der Waals surface area contributed by atoms with Gasteiger partial charge in [0.15, 0.2) is 0 Å². The van der Waals surface area contributed by atoms with Crippen LogP contribution in [0.25, 0.3) is 0 Å². The first-order valence-corrected chi connectivity index (χ1v) is 7.27. The minimum atomic E-state index is -0.494. The van der Waals surface area contributed by atoms with Crippen molar-refractivity contribution < 1.29 is 9.84 Å². The molecule has 1 aromatic carbocycles. The number of rotatable bonds is 7. The quantitative estimate of drug-likeness (QED) is 0.804. The number of ether oxygens (including phenoxy) is 1. The van der Waals surface area contributed by atoms with E-state index in [1.54, 1.807) is 0 Å². The van der Waals surface area contributed by atoms with Crippen molar-refractivity contribution >= 4 is 33.2 Å². The number of nitrogens with one attached hydrogen (secondary N) is 1. The number of aliphatic hydroxyl groups excluding tert-OH is 1. The van der Waals surface area contributed by atoms with E-state index in [1.165, 1.54) is 12.8 Å². The van der Waals surface area contributed by atoms with Crippen LogP contribution in [0.15, 0.2) is 22.7 Å². The topological polar surface area (TPSA) is 41.5 Å². The first kappa shape index (κ1) is 14.1. The van der Waals surface area contributed by atoms with Crippen LogP contribution in [0.3, 0.4) is 0 Å². The third-order valence-corrected chi connectivity index (χ3v) is 4.05. The van der Waals surface area contributed by atoms with Crippen molar-refractivity contribution in [2.75, 3.05) is 25.1 Å². The number of benzene rings is 1. The van der Waals surface area contributed by atoms with E-state index >= 15 is 0 Å². The standard InChI is InChI=1S/C13H17BrClNO2/c14-12-4-3-10(5-13(12)15)16-6-11(17)8-18-7-9-1-2-9/h3-5,9,11,16-17H,1-2,6-8H2. The highest BCUT2D eigenvalue weighted by atomic mass is 79.9. The van der Waals surface area contributed by atoms with Gasteiger partial charge in [-0.3, -0.25) is 0 Å². The molecule has 1 aliphatic rings. The highest BCUT2D eigenvalue weighted by Crippen LogP contribution is 2.28. The maximum Gasteiger partial charge on any atom is 0.0945 e. The molecule has 0 spiro atoms. The average molecular weight is 335 g/mol. The van der Waals surface area contributed by atoms with Gasteiger partial charge in [0.25, 0.3) is 0 Å². The number of halogens is 2. The Balaban J connectivity index is 1.67. The summed E-state index contributed by atoms with van der Waals surface area (Å²) < 4.78 is 6.29. The first-order chi connectivity index (χ1) is 8.65. The van der Waals surface area contributed by atoms with Gasteiger partial charge in [-0.25, -0.2) is 0 Å². The predicted octanol–water partition coefficient (Wildman–Crippen LogP) is 3.30. The van der Waals surface area contributed by atoms with Gasteiger partial charge >= 0.3 is 0 Å². The third-order valence-electron chi connectivity index (χ3n) is 2.82. The Kier molecular flexibility index (Phi) is 5.30. The molecule has 0 heterocycles. The third kappa shape index (κ3) is 4.76. The molecule has 100 valence electrons. The van der Waals surface area contributed by atoms with Crippen molar-refractivity contribution in [3.63, 3.8) is 0 Å². The Labute approximate surface area is 121 Å². The molecule has 18 heavy (non-hydrogen) atoms. The molecule has 5 heteroatoms. The molecule has 1 atom stereocenters. The summed E-state index contributed by atoms with van der Waals surface area (Å²) in [6, 6.07) is 5.61. The molecule has 1 unspecified atom stereocenters. The van der Waals surface area contributed by atoms with Crippen LogP contribution < -0.4 is 5.32 Å². The van der Waals surface area contributed by atoms with Crippen LogP contribution >= 0.6 is 27.5 Å². The van der Waals surface area contributed by atoms with Gasteiger partial charge in [-0.05, 0) is 52.9 Å². The van der Waals surface area contributed by atoms with Gasteiger partial charge in [0.1, 0.15) is 0 Å². The van der Waals surface area contributed by atoms with Gasteiger partial charge < -0.3 is 15.2 Å². The number of hydrogen-bond acceptors (Lipinski definition) is 3. The first-order valence-electron chi connectivity index (χ1n) is 6.10. The summed E-state index contributed by atoms with van der Waals surface area (Å²) in [5, 5.41) is 13.5. The van der Waals surface area contributed by atoms with Crippen molar-refractivity contribution in [1.29, 1.82) is 0 Å². The highest BCUT2D eigenvalue weighted by molar-refractivity contribution is 9.10. The molecule has 0 amide bonds. The van der Waals surface area contributed by atoms with Gasteiger partial charge in [0.2, 0.25) is 0 Å². The Bertz CT molecular complexity index is 399. The van der Waals surface area contributed by atoms with E-state index in [1.807, 2.05) is 18.2 Å².